The Morgan fingerprint density at radius 2 is 2.00 bits per heavy atom. The second-order valence-corrected chi connectivity index (χ2v) is 3.98. The molecule has 1 rings (SSSR count). The number of rotatable bonds is 5. The van der Waals surface area contributed by atoms with Crippen LogP contribution in [0.4, 0.5) is 0 Å². The highest BCUT2D eigenvalue weighted by Gasteiger charge is 2.24. The van der Waals surface area contributed by atoms with E-state index in [9.17, 15) is 5.11 Å². The van der Waals surface area contributed by atoms with E-state index in [1.54, 1.807) is 6.92 Å². The first-order chi connectivity index (χ1) is 7.60. The summed E-state index contributed by atoms with van der Waals surface area (Å²) in [5.74, 6) is 2.41. The van der Waals surface area contributed by atoms with Crippen molar-refractivity contribution >= 4 is 0 Å². The van der Waals surface area contributed by atoms with Gasteiger partial charge in [0.1, 0.15) is 0 Å². The maximum atomic E-state index is 9.95. The van der Waals surface area contributed by atoms with Gasteiger partial charge in [0.05, 0.1) is 0 Å². The molecule has 0 aliphatic heterocycles. The van der Waals surface area contributed by atoms with Gasteiger partial charge in [0.25, 0.3) is 0 Å². The van der Waals surface area contributed by atoms with Gasteiger partial charge in [-0.15, -0.1) is 6.42 Å². The van der Waals surface area contributed by atoms with Gasteiger partial charge in [0, 0.05) is 6.54 Å². The Morgan fingerprint density at radius 1 is 1.38 bits per heavy atom. The van der Waals surface area contributed by atoms with Crippen LogP contribution >= 0.6 is 0 Å². The number of benzene rings is 1. The molecule has 16 heavy (non-hydrogen) atoms. The molecule has 0 amide bonds. The van der Waals surface area contributed by atoms with Crippen molar-refractivity contribution in [3.8, 4) is 12.3 Å². The molecular weight excluding hydrogens is 198 g/mol. The number of likely N-dealkylation sites (N-methyl/N-ethyl adjacent to an activating group) is 1. The molecule has 1 unspecified atom stereocenters. The van der Waals surface area contributed by atoms with Crippen LogP contribution in [0.2, 0.25) is 0 Å². The van der Waals surface area contributed by atoms with Crippen LogP contribution in [0, 0.1) is 12.3 Å². The summed E-state index contributed by atoms with van der Waals surface area (Å²) in [4.78, 5) is 1.89. The third kappa shape index (κ3) is 3.37. The maximum absolute atomic E-state index is 9.95. The zero-order chi connectivity index (χ0) is 12.0. The Labute approximate surface area is 97.9 Å². The van der Waals surface area contributed by atoms with Crippen molar-refractivity contribution in [1.29, 1.82) is 0 Å². The Kier molecular flexibility index (Phi) is 4.54. The molecule has 0 aliphatic rings. The number of hydrogen-bond donors (Lipinski definition) is 1. The van der Waals surface area contributed by atoms with Crippen molar-refractivity contribution in [3.63, 3.8) is 0 Å². The summed E-state index contributed by atoms with van der Waals surface area (Å²) in [7, 11) is 0. The average Bonchev–Trinajstić information content (AvgIpc) is 2.31. The molecule has 0 saturated heterocycles. The summed E-state index contributed by atoms with van der Waals surface area (Å²) in [5, 5.41) is 9.95. The van der Waals surface area contributed by atoms with Gasteiger partial charge in [0.2, 0.25) is 0 Å². The van der Waals surface area contributed by atoms with Crippen molar-refractivity contribution in [2.24, 2.45) is 0 Å². The van der Waals surface area contributed by atoms with Crippen LogP contribution in [0.1, 0.15) is 19.4 Å². The second-order valence-electron chi connectivity index (χ2n) is 3.98. The average molecular weight is 217 g/mol. The predicted octanol–water partition coefficient (Wildman–Crippen LogP) is 1.89. The van der Waals surface area contributed by atoms with Gasteiger partial charge in [-0.3, -0.25) is 4.90 Å². The van der Waals surface area contributed by atoms with E-state index in [2.05, 4.69) is 18.1 Å². The summed E-state index contributed by atoms with van der Waals surface area (Å²) < 4.78 is 0. The van der Waals surface area contributed by atoms with E-state index >= 15 is 0 Å². The third-order valence-electron chi connectivity index (χ3n) is 2.78. The van der Waals surface area contributed by atoms with Crippen LogP contribution in [0.5, 0.6) is 0 Å². The minimum atomic E-state index is -1.15. The first-order valence-electron chi connectivity index (χ1n) is 5.59. The van der Waals surface area contributed by atoms with Gasteiger partial charge >= 0.3 is 0 Å². The Morgan fingerprint density at radius 3 is 2.50 bits per heavy atom. The molecule has 1 N–H and O–H groups in total. The maximum Gasteiger partial charge on any atom is 0.178 e. The van der Waals surface area contributed by atoms with Gasteiger partial charge < -0.3 is 5.11 Å². The first kappa shape index (κ1) is 12.8. The van der Waals surface area contributed by atoms with E-state index in [4.69, 9.17) is 6.42 Å². The molecule has 0 bridgehead atoms. The third-order valence-corrected chi connectivity index (χ3v) is 2.78. The highest BCUT2D eigenvalue weighted by atomic mass is 16.3. The zero-order valence-corrected chi connectivity index (χ0v) is 9.98. The van der Waals surface area contributed by atoms with Crippen molar-refractivity contribution in [1.82, 2.24) is 4.90 Å². The molecule has 0 aliphatic carbocycles. The smallest absolute Gasteiger partial charge is 0.178 e. The molecule has 0 heterocycles. The number of aliphatic hydroxyl groups is 1. The van der Waals surface area contributed by atoms with Crippen LogP contribution in [-0.4, -0.2) is 28.8 Å². The fourth-order valence-electron chi connectivity index (χ4n) is 1.68. The van der Waals surface area contributed by atoms with Gasteiger partial charge in [-0.05, 0) is 25.5 Å². The van der Waals surface area contributed by atoms with Gasteiger partial charge in [0.15, 0.2) is 5.72 Å². The molecule has 0 radical (unpaired) electrons. The SMILES string of the molecule is C#CC(C)(O)N(CC)CCc1ccccc1. The van der Waals surface area contributed by atoms with Crippen LogP contribution in [0.3, 0.4) is 0 Å². The van der Waals surface area contributed by atoms with Crippen molar-refractivity contribution in [2.45, 2.75) is 26.0 Å². The molecule has 0 aromatic heterocycles. The molecule has 0 fully saturated rings. The van der Waals surface area contributed by atoms with Crippen molar-refractivity contribution in [3.05, 3.63) is 35.9 Å². The molecule has 2 heteroatoms. The fourth-order valence-corrected chi connectivity index (χ4v) is 1.68. The highest BCUT2D eigenvalue weighted by Crippen LogP contribution is 2.11. The van der Waals surface area contributed by atoms with Crippen molar-refractivity contribution in [2.75, 3.05) is 13.1 Å². The topological polar surface area (TPSA) is 23.5 Å². The van der Waals surface area contributed by atoms with E-state index in [1.165, 1.54) is 5.56 Å². The molecule has 1 aromatic rings. The molecule has 1 aromatic carbocycles. The van der Waals surface area contributed by atoms with Gasteiger partial charge in [-0.2, -0.15) is 0 Å². The number of nitrogens with zero attached hydrogens (tertiary/aromatic N) is 1. The number of terminal acetylenes is 1. The van der Waals surface area contributed by atoms with Crippen LogP contribution in [0.15, 0.2) is 30.3 Å². The highest BCUT2D eigenvalue weighted by molar-refractivity contribution is 5.15. The molecule has 0 saturated carbocycles. The van der Waals surface area contributed by atoms with E-state index in [-0.39, 0.29) is 0 Å². The van der Waals surface area contributed by atoms with Crippen LogP contribution < -0.4 is 0 Å². The quantitative estimate of drug-likeness (QED) is 0.601. The Balaban J connectivity index is 2.57. The first-order valence-corrected chi connectivity index (χ1v) is 5.59. The summed E-state index contributed by atoms with van der Waals surface area (Å²) in [6.45, 7) is 5.15. The standard InChI is InChI=1S/C14H19NO/c1-4-14(3,16)15(5-2)12-11-13-9-7-6-8-10-13/h1,6-10,16H,5,11-12H2,2-3H3. The zero-order valence-electron chi connectivity index (χ0n) is 9.98. The van der Waals surface area contributed by atoms with E-state index in [1.807, 2.05) is 30.0 Å². The summed E-state index contributed by atoms with van der Waals surface area (Å²) in [6.07, 6.45) is 6.21. The summed E-state index contributed by atoms with van der Waals surface area (Å²) in [6, 6.07) is 10.2. The van der Waals surface area contributed by atoms with E-state index < -0.39 is 5.72 Å². The lowest BCUT2D eigenvalue weighted by Gasteiger charge is -2.31. The summed E-state index contributed by atoms with van der Waals surface area (Å²) >= 11 is 0. The molecule has 86 valence electrons. The predicted molar refractivity (Wildman–Crippen MR) is 66.8 cm³/mol. The van der Waals surface area contributed by atoms with E-state index in [0.29, 0.717) is 0 Å². The molecule has 0 spiro atoms. The van der Waals surface area contributed by atoms with Crippen LogP contribution in [-0.2, 0) is 6.42 Å². The van der Waals surface area contributed by atoms with Gasteiger partial charge in [-0.1, -0.05) is 43.2 Å². The largest absolute Gasteiger partial charge is 0.365 e. The minimum absolute atomic E-state index is 0.740. The Hall–Kier alpha value is -1.30. The Bertz CT molecular complexity index is 351. The number of hydrogen-bond acceptors (Lipinski definition) is 2. The minimum Gasteiger partial charge on any atom is -0.365 e. The summed E-state index contributed by atoms with van der Waals surface area (Å²) in [5.41, 5.74) is 0.109. The van der Waals surface area contributed by atoms with Crippen LogP contribution in [0.25, 0.3) is 0 Å². The lowest BCUT2D eigenvalue weighted by Crippen LogP contribution is -2.46. The van der Waals surface area contributed by atoms with Crippen molar-refractivity contribution < 1.29 is 5.11 Å². The lowest BCUT2D eigenvalue weighted by atomic mass is 10.1. The molecule has 1 atom stereocenters. The monoisotopic (exact) mass is 217 g/mol. The van der Waals surface area contributed by atoms with Gasteiger partial charge in [-0.25, -0.2) is 0 Å². The lowest BCUT2D eigenvalue weighted by molar-refractivity contribution is -0.0403. The second kappa shape index (κ2) is 5.69. The normalized spacial score (nSPS) is 14.4. The fraction of sp³-hybridized carbons (Fsp3) is 0.429. The van der Waals surface area contributed by atoms with E-state index in [0.717, 1.165) is 19.5 Å². The molecule has 2 nitrogen and oxygen atoms in total. The molecular formula is C14H19NO.